The second kappa shape index (κ2) is 4.91. The lowest BCUT2D eigenvalue weighted by Gasteiger charge is -2.00. The number of fused-ring (bicyclic) bond motifs is 1. The molecule has 1 aromatic carbocycles. The highest BCUT2D eigenvalue weighted by atomic mass is 16.4. The number of hydrogen-bond acceptors (Lipinski definition) is 3. The molecule has 2 atom stereocenters. The van der Waals surface area contributed by atoms with Crippen LogP contribution >= 0.6 is 0 Å². The Morgan fingerprint density at radius 1 is 1.20 bits per heavy atom. The summed E-state index contributed by atoms with van der Waals surface area (Å²) in [6.07, 6.45) is -0.498. The van der Waals surface area contributed by atoms with Crippen molar-refractivity contribution < 1.29 is 20.1 Å². The van der Waals surface area contributed by atoms with E-state index in [2.05, 4.69) is 0 Å². The topological polar surface area (TPSA) is 77.8 Å². The quantitative estimate of drug-likeness (QED) is 0.602. The number of aliphatic carboxylic acids is 1. The monoisotopic (exact) mass is 210 g/mol. The zero-order chi connectivity index (χ0) is 11.4. The van der Waals surface area contributed by atoms with Crippen LogP contribution in [0.2, 0.25) is 0 Å². The SMILES string of the molecule is CC(=O)O.OC1CC(O)c2ccccc21. The Morgan fingerprint density at radius 3 is 1.87 bits per heavy atom. The van der Waals surface area contributed by atoms with Gasteiger partial charge in [0.25, 0.3) is 5.97 Å². The van der Waals surface area contributed by atoms with Crippen molar-refractivity contribution >= 4 is 5.97 Å². The number of carbonyl (C=O) groups is 1. The summed E-state index contributed by atoms with van der Waals surface area (Å²) in [6, 6.07) is 7.46. The first-order valence-electron chi connectivity index (χ1n) is 4.67. The van der Waals surface area contributed by atoms with Gasteiger partial charge in [-0.25, -0.2) is 0 Å². The molecule has 2 unspecified atom stereocenters. The van der Waals surface area contributed by atoms with E-state index in [1.54, 1.807) is 0 Å². The minimum atomic E-state index is -0.833. The number of hydrogen-bond donors (Lipinski definition) is 3. The van der Waals surface area contributed by atoms with E-state index in [1.165, 1.54) is 0 Å². The molecule has 0 amide bonds. The first-order chi connectivity index (χ1) is 7.02. The molecule has 0 aliphatic heterocycles. The third kappa shape index (κ3) is 3.04. The first kappa shape index (κ1) is 11.7. The predicted octanol–water partition coefficient (Wildman–Crippen LogP) is 1.25. The summed E-state index contributed by atoms with van der Waals surface area (Å²) >= 11 is 0. The Balaban J connectivity index is 0.000000245. The van der Waals surface area contributed by atoms with Gasteiger partial charge < -0.3 is 15.3 Å². The summed E-state index contributed by atoms with van der Waals surface area (Å²) in [5.74, 6) is -0.833. The van der Waals surface area contributed by atoms with Crippen molar-refractivity contribution in [2.75, 3.05) is 0 Å². The number of aliphatic hydroxyl groups excluding tert-OH is 2. The van der Waals surface area contributed by atoms with Gasteiger partial charge in [-0.05, 0) is 11.1 Å². The van der Waals surface area contributed by atoms with Crippen molar-refractivity contribution in [3.63, 3.8) is 0 Å². The second-order valence-corrected chi connectivity index (χ2v) is 3.42. The van der Waals surface area contributed by atoms with Gasteiger partial charge in [0, 0.05) is 13.3 Å². The summed E-state index contributed by atoms with van der Waals surface area (Å²) in [6.45, 7) is 1.08. The predicted molar refractivity (Wildman–Crippen MR) is 54.3 cm³/mol. The molecule has 0 spiro atoms. The summed E-state index contributed by atoms with van der Waals surface area (Å²) < 4.78 is 0. The highest BCUT2D eigenvalue weighted by Crippen LogP contribution is 2.37. The van der Waals surface area contributed by atoms with Gasteiger partial charge in [-0.1, -0.05) is 24.3 Å². The number of rotatable bonds is 0. The maximum atomic E-state index is 9.39. The van der Waals surface area contributed by atoms with Gasteiger partial charge in [0.05, 0.1) is 12.2 Å². The van der Waals surface area contributed by atoms with E-state index in [0.29, 0.717) is 6.42 Å². The van der Waals surface area contributed by atoms with E-state index in [1.807, 2.05) is 24.3 Å². The van der Waals surface area contributed by atoms with E-state index < -0.39 is 18.2 Å². The zero-order valence-electron chi connectivity index (χ0n) is 8.42. The maximum absolute atomic E-state index is 9.39. The number of carboxylic acids is 1. The molecule has 15 heavy (non-hydrogen) atoms. The molecule has 0 saturated heterocycles. The molecule has 0 fully saturated rings. The van der Waals surface area contributed by atoms with Gasteiger partial charge >= 0.3 is 0 Å². The molecule has 4 heteroatoms. The van der Waals surface area contributed by atoms with E-state index in [9.17, 15) is 10.2 Å². The molecule has 1 aliphatic carbocycles. The van der Waals surface area contributed by atoms with Crippen LogP contribution in [0.5, 0.6) is 0 Å². The van der Waals surface area contributed by atoms with Gasteiger partial charge in [-0.3, -0.25) is 4.79 Å². The van der Waals surface area contributed by atoms with Crippen LogP contribution in [0.25, 0.3) is 0 Å². The van der Waals surface area contributed by atoms with E-state index in [-0.39, 0.29) is 0 Å². The molecular weight excluding hydrogens is 196 g/mol. The molecule has 3 N–H and O–H groups in total. The third-order valence-electron chi connectivity index (χ3n) is 2.16. The molecule has 82 valence electrons. The lowest BCUT2D eigenvalue weighted by atomic mass is 10.1. The Morgan fingerprint density at radius 2 is 1.53 bits per heavy atom. The van der Waals surface area contributed by atoms with Crippen LogP contribution in [0.1, 0.15) is 36.7 Å². The molecular formula is C11H14O4. The largest absolute Gasteiger partial charge is 0.481 e. The maximum Gasteiger partial charge on any atom is 0.300 e. The normalized spacial score (nSPS) is 22.6. The minimum absolute atomic E-state index is 0.444. The van der Waals surface area contributed by atoms with Crippen LogP contribution in [-0.2, 0) is 4.79 Å². The zero-order valence-corrected chi connectivity index (χ0v) is 8.42. The van der Waals surface area contributed by atoms with Crippen molar-refractivity contribution in [1.82, 2.24) is 0 Å². The Hall–Kier alpha value is -1.39. The van der Waals surface area contributed by atoms with Crippen LogP contribution in [0.15, 0.2) is 24.3 Å². The second-order valence-electron chi connectivity index (χ2n) is 3.42. The summed E-state index contributed by atoms with van der Waals surface area (Å²) in [5, 5.41) is 26.2. The fourth-order valence-corrected chi connectivity index (χ4v) is 1.58. The van der Waals surface area contributed by atoms with Crippen molar-refractivity contribution in [1.29, 1.82) is 0 Å². The van der Waals surface area contributed by atoms with Gasteiger partial charge in [0.2, 0.25) is 0 Å². The molecule has 1 aliphatic rings. The minimum Gasteiger partial charge on any atom is -0.481 e. The van der Waals surface area contributed by atoms with Crippen LogP contribution < -0.4 is 0 Å². The van der Waals surface area contributed by atoms with E-state index in [4.69, 9.17) is 9.90 Å². The van der Waals surface area contributed by atoms with Gasteiger partial charge in [-0.2, -0.15) is 0 Å². The smallest absolute Gasteiger partial charge is 0.300 e. The summed E-state index contributed by atoms with van der Waals surface area (Å²) in [7, 11) is 0. The highest BCUT2D eigenvalue weighted by molar-refractivity contribution is 5.62. The number of benzene rings is 1. The van der Waals surface area contributed by atoms with Crippen LogP contribution in [-0.4, -0.2) is 21.3 Å². The molecule has 2 rings (SSSR count). The van der Waals surface area contributed by atoms with Crippen LogP contribution in [0.4, 0.5) is 0 Å². The molecule has 0 radical (unpaired) electrons. The number of carboxylic acid groups (broad SMARTS) is 1. The van der Waals surface area contributed by atoms with Crippen molar-refractivity contribution in [3.8, 4) is 0 Å². The lowest BCUT2D eigenvalue weighted by molar-refractivity contribution is -0.134. The summed E-state index contributed by atoms with van der Waals surface area (Å²) in [4.78, 5) is 9.00. The fourth-order valence-electron chi connectivity index (χ4n) is 1.58. The molecule has 1 aromatic rings. The van der Waals surface area contributed by atoms with Crippen molar-refractivity contribution in [3.05, 3.63) is 35.4 Å². The van der Waals surface area contributed by atoms with Crippen LogP contribution in [0, 0.1) is 0 Å². The average Bonchev–Trinajstić information content (AvgIpc) is 2.43. The highest BCUT2D eigenvalue weighted by Gasteiger charge is 2.26. The summed E-state index contributed by atoms with van der Waals surface area (Å²) in [5.41, 5.74) is 1.75. The van der Waals surface area contributed by atoms with E-state index >= 15 is 0 Å². The van der Waals surface area contributed by atoms with Gasteiger partial charge in [0.1, 0.15) is 0 Å². The number of aliphatic hydroxyl groups is 2. The molecule has 0 heterocycles. The van der Waals surface area contributed by atoms with Gasteiger partial charge in [-0.15, -0.1) is 0 Å². The molecule has 0 bridgehead atoms. The van der Waals surface area contributed by atoms with E-state index in [0.717, 1.165) is 18.1 Å². The van der Waals surface area contributed by atoms with Crippen LogP contribution in [0.3, 0.4) is 0 Å². The third-order valence-corrected chi connectivity index (χ3v) is 2.16. The Kier molecular flexibility index (Phi) is 3.82. The van der Waals surface area contributed by atoms with Gasteiger partial charge in [0.15, 0.2) is 0 Å². The Labute approximate surface area is 87.8 Å². The average molecular weight is 210 g/mol. The first-order valence-corrected chi connectivity index (χ1v) is 4.67. The van der Waals surface area contributed by atoms with Crippen molar-refractivity contribution in [2.24, 2.45) is 0 Å². The lowest BCUT2D eigenvalue weighted by Crippen LogP contribution is -1.89. The van der Waals surface area contributed by atoms with Crippen molar-refractivity contribution in [2.45, 2.75) is 25.6 Å². The standard InChI is InChI=1S/C9H10O2.C2H4O2/c10-8-5-9(11)7-4-2-1-3-6(7)8;1-2(3)4/h1-4,8-11H,5H2;1H3,(H,3,4). The Bertz CT molecular complexity index is 317. The molecule has 4 nitrogen and oxygen atoms in total. The molecule has 0 saturated carbocycles. The molecule has 0 aromatic heterocycles. The fraction of sp³-hybridized carbons (Fsp3) is 0.364.